The highest BCUT2D eigenvalue weighted by molar-refractivity contribution is 5.89. The number of benzene rings is 1. The third kappa shape index (κ3) is 1.76. The van der Waals surface area contributed by atoms with Crippen LogP contribution in [0.15, 0.2) is 30.5 Å². The normalized spacial score (nSPS) is 11.1. The van der Waals surface area contributed by atoms with Crippen molar-refractivity contribution in [1.29, 1.82) is 0 Å². The Morgan fingerprint density at radius 3 is 2.74 bits per heavy atom. The molecule has 3 nitrogen and oxygen atoms in total. The van der Waals surface area contributed by atoms with Crippen molar-refractivity contribution < 1.29 is 9.50 Å². The van der Waals surface area contributed by atoms with E-state index in [4.69, 9.17) is 0 Å². The Morgan fingerprint density at radius 2 is 2.00 bits per heavy atom. The lowest BCUT2D eigenvalue weighted by atomic mass is 10.0. The van der Waals surface area contributed by atoms with Gasteiger partial charge in [-0.15, -0.1) is 0 Å². The Bertz CT molecular complexity index is 757. The summed E-state index contributed by atoms with van der Waals surface area (Å²) in [4.78, 5) is 7.14. The van der Waals surface area contributed by atoms with Gasteiger partial charge in [-0.25, -0.2) is 9.37 Å². The zero-order chi connectivity index (χ0) is 13.6. The number of aromatic hydroxyl groups is 1. The molecule has 0 fully saturated rings. The molecule has 3 aromatic rings. The van der Waals surface area contributed by atoms with Crippen molar-refractivity contribution in [3.8, 4) is 17.1 Å². The molecule has 0 unspecified atom stereocenters. The molecule has 2 heterocycles. The number of fused-ring (bicyclic) bond motifs is 1. The standard InChI is InChI=1S/C15H13FN2O/c1-8-4-3-5-10(16)13(8)11-6-9(2)14-12(18-11)7-17-15(14)19/h3-7,17,19H,1-2H3. The maximum atomic E-state index is 14.0. The molecule has 1 aromatic carbocycles. The molecule has 0 aliphatic heterocycles. The Balaban J connectivity index is 2.32. The van der Waals surface area contributed by atoms with Gasteiger partial charge >= 0.3 is 0 Å². The minimum absolute atomic E-state index is 0.0943. The molecule has 4 heteroatoms. The van der Waals surface area contributed by atoms with Crippen LogP contribution < -0.4 is 0 Å². The number of nitrogens with zero attached hydrogens (tertiary/aromatic N) is 1. The average molecular weight is 256 g/mol. The second-order valence-electron chi connectivity index (χ2n) is 4.65. The van der Waals surface area contributed by atoms with E-state index in [9.17, 15) is 9.50 Å². The van der Waals surface area contributed by atoms with Gasteiger partial charge in [0.05, 0.1) is 16.6 Å². The lowest BCUT2D eigenvalue weighted by molar-refractivity contribution is 0.462. The summed E-state index contributed by atoms with van der Waals surface area (Å²) < 4.78 is 14.0. The fourth-order valence-corrected chi connectivity index (χ4v) is 2.40. The summed E-state index contributed by atoms with van der Waals surface area (Å²) in [7, 11) is 0. The smallest absolute Gasteiger partial charge is 0.198 e. The van der Waals surface area contributed by atoms with Crippen LogP contribution in [0, 0.1) is 19.7 Å². The third-order valence-corrected chi connectivity index (χ3v) is 3.31. The summed E-state index contributed by atoms with van der Waals surface area (Å²) in [6, 6.07) is 6.76. The fraction of sp³-hybridized carbons (Fsp3) is 0.133. The molecular weight excluding hydrogens is 243 g/mol. The number of H-pyrrole nitrogens is 1. The Labute approximate surface area is 109 Å². The summed E-state index contributed by atoms with van der Waals surface area (Å²) in [6.07, 6.45) is 1.62. The summed E-state index contributed by atoms with van der Waals surface area (Å²) in [5.41, 5.74) is 3.43. The lowest BCUT2D eigenvalue weighted by Gasteiger charge is -2.08. The van der Waals surface area contributed by atoms with E-state index in [2.05, 4.69) is 9.97 Å². The Hall–Kier alpha value is -2.36. The SMILES string of the molecule is Cc1cccc(F)c1-c1cc(C)c2c(O)[nH]cc2n1. The first-order valence-electron chi connectivity index (χ1n) is 6.01. The van der Waals surface area contributed by atoms with Gasteiger partial charge in [0.15, 0.2) is 5.88 Å². The van der Waals surface area contributed by atoms with Gasteiger partial charge in [-0.2, -0.15) is 0 Å². The van der Waals surface area contributed by atoms with Crippen LogP contribution in [0.1, 0.15) is 11.1 Å². The molecular formula is C15H13FN2O. The van der Waals surface area contributed by atoms with Gasteiger partial charge in [0.1, 0.15) is 5.82 Å². The number of hydrogen-bond acceptors (Lipinski definition) is 2. The molecule has 0 saturated carbocycles. The first kappa shape index (κ1) is 11.7. The van der Waals surface area contributed by atoms with Gasteiger partial charge in [0.25, 0.3) is 0 Å². The van der Waals surface area contributed by atoms with Crippen LogP contribution in [0.3, 0.4) is 0 Å². The molecule has 0 atom stereocenters. The van der Waals surface area contributed by atoms with E-state index in [0.29, 0.717) is 22.2 Å². The Kier molecular flexibility index (Phi) is 2.52. The second-order valence-corrected chi connectivity index (χ2v) is 4.65. The number of aromatic nitrogens is 2. The molecule has 0 aliphatic carbocycles. The number of aryl methyl sites for hydroxylation is 2. The fourth-order valence-electron chi connectivity index (χ4n) is 2.40. The molecule has 19 heavy (non-hydrogen) atoms. The van der Waals surface area contributed by atoms with Gasteiger partial charge in [-0.3, -0.25) is 0 Å². The van der Waals surface area contributed by atoms with Crippen molar-refractivity contribution in [1.82, 2.24) is 9.97 Å². The van der Waals surface area contributed by atoms with Crippen LogP contribution in [0.25, 0.3) is 22.2 Å². The quantitative estimate of drug-likeness (QED) is 0.697. The highest BCUT2D eigenvalue weighted by atomic mass is 19.1. The number of hydrogen-bond donors (Lipinski definition) is 2. The molecule has 2 aromatic heterocycles. The Morgan fingerprint density at radius 1 is 1.21 bits per heavy atom. The van der Waals surface area contributed by atoms with E-state index < -0.39 is 0 Å². The molecule has 3 rings (SSSR count). The zero-order valence-electron chi connectivity index (χ0n) is 10.7. The number of nitrogens with one attached hydrogen (secondary N) is 1. The van der Waals surface area contributed by atoms with Crippen LogP contribution in [0.2, 0.25) is 0 Å². The molecule has 0 aliphatic rings. The van der Waals surface area contributed by atoms with Crippen molar-refractivity contribution in [2.75, 3.05) is 0 Å². The van der Waals surface area contributed by atoms with E-state index in [1.165, 1.54) is 6.07 Å². The first-order valence-corrected chi connectivity index (χ1v) is 6.01. The van der Waals surface area contributed by atoms with Crippen LogP contribution in [-0.2, 0) is 0 Å². The van der Waals surface area contributed by atoms with Crippen molar-refractivity contribution in [3.63, 3.8) is 0 Å². The van der Waals surface area contributed by atoms with Gasteiger partial charge < -0.3 is 10.1 Å². The van der Waals surface area contributed by atoms with Crippen molar-refractivity contribution >= 4 is 10.9 Å². The van der Waals surface area contributed by atoms with Gasteiger partial charge in [-0.1, -0.05) is 12.1 Å². The maximum Gasteiger partial charge on any atom is 0.198 e. The molecule has 0 amide bonds. The van der Waals surface area contributed by atoms with E-state index in [-0.39, 0.29) is 11.7 Å². The maximum absolute atomic E-state index is 14.0. The van der Waals surface area contributed by atoms with Crippen molar-refractivity contribution in [2.24, 2.45) is 0 Å². The predicted molar refractivity (Wildman–Crippen MR) is 72.6 cm³/mol. The van der Waals surface area contributed by atoms with Gasteiger partial charge in [-0.05, 0) is 37.1 Å². The third-order valence-electron chi connectivity index (χ3n) is 3.31. The zero-order valence-corrected chi connectivity index (χ0v) is 10.7. The molecule has 0 bridgehead atoms. The highest BCUT2D eigenvalue weighted by Crippen LogP contribution is 2.31. The average Bonchev–Trinajstić information content (AvgIpc) is 2.71. The van der Waals surface area contributed by atoms with Gasteiger partial charge in [0, 0.05) is 11.8 Å². The van der Waals surface area contributed by atoms with Crippen molar-refractivity contribution in [2.45, 2.75) is 13.8 Å². The van der Waals surface area contributed by atoms with E-state index in [1.54, 1.807) is 18.3 Å². The van der Waals surface area contributed by atoms with E-state index >= 15 is 0 Å². The van der Waals surface area contributed by atoms with Crippen LogP contribution in [0.5, 0.6) is 5.88 Å². The monoisotopic (exact) mass is 256 g/mol. The van der Waals surface area contributed by atoms with Crippen molar-refractivity contribution in [3.05, 3.63) is 47.4 Å². The summed E-state index contributed by atoms with van der Waals surface area (Å²) in [6.45, 7) is 3.73. The summed E-state index contributed by atoms with van der Waals surface area (Å²) >= 11 is 0. The number of halogens is 1. The summed E-state index contributed by atoms with van der Waals surface area (Å²) in [5, 5.41) is 10.4. The number of aromatic amines is 1. The largest absolute Gasteiger partial charge is 0.494 e. The van der Waals surface area contributed by atoms with E-state index in [1.807, 2.05) is 19.9 Å². The van der Waals surface area contributed by atoms with Crippen LogP contribution >= 0.6 is 0 Å². The first-order chi connectivity index (χ1) is 9.08. The predicted octanol–water partition coefficient (Wildman–Crippen LogP) is 3.69. The summed E-state index contributed by atoms with van der Waals surface area (Å²) in [5.74, 6) is -0.192. The second kappa shape index (κ2) is 4.09. The highest BCUT2D eigenvalue weighted by Gasteiger charge is 2.14. The molecule has 0 spiro atoms. The minimum atomic E-state index is -0.286. The molecule has 0 radical (unpaired) electrons. The van der Waals surface area contributed by atoms with Crippen LogP contribution in [0.4, 0.5) is 4.39 Å². The number of pyridine rings is 1. The topological polar surface area (TPSA) is 48.9 Å². The van der Waals surface area contributed by atoms with Crippen LogP contribution in [-0.4, -0.2) is 15.1 Å². The minimum Gasteiger partial charge on any atom is -0.494 e. The molecule has 96 valence electrons. The van der Waals surface area contributed by atoms with Gasteiger partial charge in [0.2, 0.25) is 0 Å². The lowest BCUT2D eigenvalue weighted by Crippen LogP contribution is -1.93. The van der Waals surface area contributed by atoms with E-state index in [0.717, 1.165) is 11.1 Å². The molecule has 0 saturated heterocycles. The molecule has 2 N–H and O–H groups in total. The number of rotatable bonds is 1.